The highest BCUT2D eigenvalue weighted by Gasteiger charge is 2.45. The van der Waals surface area contributed by atoms with Gasteiger partial charge in [-0.3, -0.25) is 9.69 Å². The predicted octanol–water partition coefficient (Wildman–Crippen LogP) is 6.99. The molecule has 37 heavy (non-hydrogen) atoms. The molecule has 7 heteroatoms. The number of fused-ring (bicyclic) bond motifs is 2. The second kappa shape index (κ2) is 9.33. The summed E-state index contributed by atoms with van der Waals surface area (Å²) in [5.74, 6) is 1.66. The molecular weight excluding hydrogens is 479 g/mol. The fraction of sp³-hybridized carbons (Fsp3) is 0.567. The number of piperidine rings is 1. The summed E-state index contributed by atoms with van der Waals surface area (Å²) in [4.78, 5) is 14.1. The molecule has 1 spiro atoms. The maximum atomic E-state index is 14.0. The number of ketones is 1. The Labute approximate surface area is 216 Å². The van der Waals surface area contributed by atoms with Gasteiger partial charge in [0, 0.05) is 36.9 Å². The maximum Gasteiger partial charge on any atom is 0.416 e. The minimum atomic E-state index is -4.37. The van der Waals surface area contributed by atoms with Gasteiger partial charge >= 0.3 is 6.18 Å². The van der Waals surface area contributed by atoms with Crippen molar-refractivity contribution in [2.24, 2.45) is 5.41 Å². The first kappa shape index (κ1) is 24.8. The fourth-order valence-corrected chi connectivity index (χ4v) is 6.48. The van der Waals surface area contributed by atoms with Crippen molar-refractivity contribution in [2.45, 2.75) is 83.0 Å². The van der Waals surface area contributed by atoms with Crippen LogP contribution >= 0.6 is 0 Å². The van der Waals surface area contributed by atoms with Gasteiger partial charge in [-0.2, -0.15) is 13.2 Å². The van der Waals surface area contributed by atoms with Gasteiger partial charge < -0.3 is 9.47 Å². The monoisotopic (exact) mass is 513 g/mol. The largest absolute Gasteiger partial charge is 0.492 e. The normalized spacial score (nSPS) is 24.0. The number of carbonyl (C=O) groups is 1. The van der Waals surface area contributed by atoms with Gasteiger partial charge in [0.1, 0.15) is 23.4 Å². The second-order valence-corrected chi connectivity index (χ2v) is 11.4. The van der Waals surface area contributed by atoms with Crippen molar-refractivity contribution in [3.63, 3.8) is 0 Å². The molecule has 2 fully saturated rings. The molecule has 2 aliphatic heterocycles. The van der Waals surface area contributed by atoms with Crippen LogP contribution in [0.15, 0.2) is 30.3 Å². The average molecular weight is 514 g/mol. The van der Waals surface area contributed by atoms with Crippen molar-refractivity contribution in [2.75, 3.05) is 19.7 Å². The number of ether oxygens (including phenoxy) is 2. The molecular formula is C30H34F3NO3. The van der Waals surface area contributed by atoms with Crippen LogP contribution in [0.25, 0.3) is 0 Å². The minimum absolute atomic E-state index is 0.0663. The molecule has 1 saturated heterocycles. The number of hydrogen-bond donors (Lipinski definition) is 0. The summed E-state index contributed by atoms with van der Waals surface area (Å²) in [7, 11) is 0. The zero-order chi connectivity index (χ0) is 25.8. The van der Waals surface area contributed by atoms with Crippen LogP contribution in [0.2, 0.25) is 0 Å². The maximum absolute atomic E-state index is 14.0. The smallest absolute Gasteiger partial charge is 0.416 e. The van der Waals surface area contributed by atoms with Crippen molar-refractivity contribution in [3.05, 3.63) is 58.1 Å². The molecule has 4 nitrogen and oxygen atoms in total. The Kier molecular flexibility index (Phi) is 6.25. The first-order chi connectivity index (χ1) is 17.7. The van der Waals surface area contributed by atoms with Gasteiger partial charge in [-0.1, -0.05) is 19.1 Å². The highest BCUT2D eigenvalue weighted by molar-refractivity contribution is 5.79. The highest BCUT2D eigenvalue weighted by atomic mass is 19.4. The van der Waals surface area contributed by atoms with Gasteiger partial charge in [0.15, 0.2) is 0 Å². The highest BCUT2D eigenvalue weighted by Crippen LogP contribution is 2.54. The van der Waals surface area contributed by atoms with Crippen molar-refractivity contribution in [1.82, 2.24) is 4.90 Å². The number of alkyl halides is 3. The summed E-state index contributed by atoms with van der Waals surface area (Å²) in [6.07, 6.45) is 2.32. The standard InChI is InChI=1S/C30H34F3NO3/c1-2-20(35)15-19-18-36-28-16-21(3-4-22(19)28)37-27-8-6-23-24(27)5-7-26(30(31,32)33)25(23)17-34-13-11-29(9-10-29)12-14-34/h3-5,7,16,19,27H,2,6,8-15,17-18H2,1H3. The third-order valence-electron chi connectivity index (χ3n) is 9.04. The van der Waals surface area contributed by atoms with E-state index in [0.29, 0.717) is 55.6 Å². The van der Waals surface area contributed by atoms with Crippen molar-refractivity contribution in [3.8, 4) is 11.5 Å². The lowest BCUT2D eigenvalue weighted by Crippen LogP contribution is -2.35. The molecule has 0 aromatic heterocycles. The lowest BCUT2D eigenvalue weighted by Gasteiger charge is -2.33. The number of Topliss-reactive ketones (excluding diaryl/α,β-unsaturated/α-hetero) is 1. The van der Waals surface area contributed by atoms with E-state index in [-0.39, 0.29) is 17.8 Å². The Morgan fingerprint density at radius 1 is 1.11 bits per heavy atom. The molecule has 2 heterocycles. The van der Waals surface area contributed by atoms with Gasteiger partial charge in [-0.25, -0.2) is 0 Å². The quantitative estimate of drug-likeness (QED) is 0.400. The van der Waals surface area contributed by atoms with E-state index < -0.39 is 11.7 Å². The molecule has 0 bridgehead atoms. The molecule has 0 amide bonds. The Hall–Kier alpha value is -2.54. The van der Waals surface area contributed by atoms with Crippen molar-refractivity contribution in [1.29, 1.82) is 0 Å². The Balaban J connectivity index is 1.21. The van der Waals surface area contributed by atoms with Crippen molar-refractivity contribution < 1.29 is 27.4 Å². The summed E-state index contributed by atoms with van der Waals surface area (Å²) < 4.78 is 54.2. The molecule has 2 aromatic carbocycles. The van der Waals surface area contributed by atoms with E-state index in [2.05, 4.69) is 4.90 Å². The van der Waals surface area contributed by atoms with Crippen LogP contribution < -0.4 is 9.47 Å². The number of nitrogens with zero attached hydrogens (tertiary/aromatic N) is 1. The van der Waals surface area contributed by atoms with Crippen LogP contribution in [0, 0.1) is 5.41 Å². The Morgan fingerprint density at radius 2 is 1.86 bits per heavy atom. The van der Waals surface area contributed by atoms with Crippen LogP contribution in [0.4, 0.5) is 13.2 Å². The van der Waals surface area contributed by atoms with E-state index in [9.17, 15) is 18.0 Å². The first-order valence-corrected chi connectivity index (χ1v) is 13.6. The van der Waals surface area contributed by atoms with Gasteiger partial charge in [-0.15, -0.1) is 0 Å². The number of benzene rings is 2. The molecule has 6 rings (SSSR count). The molecule has 0 N–H and O–H groups in total. The second-order valence-electron chi connectivity index (χ2n) is 11.4. The number of rotatable bonds is 7. The summed E-state index contributed by atoms with van der Waals surface area (Å²) in [5.41, 5.74) is 3.12. The van der Waals surface area contributed by atoms with Crippen LogP contribution in [0.5, 0.6) is 11.5 Å². The Morgan fingerprint density at radius 3 is 2.57 bits per heavy atom. The van der Waals surface area contributed by atoms with E-state index in [0.717, 1.165) is 48.4 Å². The summed E-state index contributed by atoms with van der Waals surface area (Å²) >= 11 is 0. The summed E-state index contributed by atoms with van der Waals surface area (Å²) in [6.45, 7) is 4.46. The van der Waals surface area contributed by atoms with E-state index in [1.165, 1.54) is 18.9 Å². The average Bonchev–Trinajstić information content (AvgIpc) is 3.32. The van der Waals surface area contributed by atoms with Crippen LogP contribution in [0.3, 0.4) is 0 Å². The zero-order valence-corrected chi connectivity index (χ0v) is 21.3. The topological polar surface area (TPSA) is 38.8 Å². The van der Waals surface area contributed by atoms with E-state index in [1.807, 2.05) is 25.1 Å². The third kappa shape index (κ3) is 4.87. The molecule has 2 aliphatic carbocycles. The van der Waals surface area contributed by atoms with Crippen LogP contribution in [0.1, 0.15) is 91.7 Å². The lowest BCUT2D eigenvalue weighted by atomic mass is 9.91. The fourth-order valence-electron chi connectivity index (χ4n) is 6.48. The summed E-state index contributed by atoms with van der Waals surface area (Å²) in [6, 6.07) is 8.58. The number of carbonyl (C=O) groups excluding carboxylic acids is 1. The lowest BCUT2D eigenvalue weighted by molar-refractivity contribution is -0.138. The molecule has 2 unspecified atom stereocenters. The molecule has 1 saturated carbocycles. The third-order valence-corrected chi connectivity index (χ3v) is 9.04. The summed E-state index contributed by atoms with van der Waals surface area (Å²) in [5, 5.41) is 0. The SMILES string of the molecule is CCC(=O)CC1COc2cc(OC3CCc4c3ccc(C(F)(F)F)c4CN3CCC4(CC3)CC4)ccc21. The molecule has 4 aliphatic rings. The minimum Gasteiger partial charge on any atom is -0.492 e. The van der Waals surface area contributed by atoms with Crippen LogP contribution in [-0.4, -0.2) is 30.4 Å². The van der Waals surface area contributed by atoms with E-state index >= 15 is 0 Å². The van der Waals surface area contributed by atoms with Crippen molar-refractivity contribution >= 4 is 5.78 Å². The number of likely N-dealkylation sites (tertiary alicyclic amines) is 1. The molecule has 2 atom stereocenters. The van der Waals surface area contributed by atoms with Gasteiger partial charge in [0.25, 0.3) is 0 Å². The Bertz CT molecular complexity index is 1190. The first-order valence-electron chi connectivity index (χ1n) is 13.6. The van der Waals surface area contributed by atoms with E-state index in [1.54, 1.807) is 6.07 Å². The van der Waals surface area contributed by atoms with E-state index in [4.69, 9.17) is 9.47 Å². The van der Waals surface area contributed by atoms with Gasteiger partial charge in [0.05, 0.1) is 12.2 Å². The van der Waals surface area contributed by atoms with Gasteiger partial charge in [-0.05, 0) is 85.9 Å². The zero-order valence-electron chi connectivity index (χ0n) is 21.3. The molecule has 0 radical (unpaired) electrons. The predicted molar refractivity (Wildman–Crippen MR) is 134 cm³/mol. The van der Waals surface area contributed by atoms with Crippen LogP contribution in [-0.2, 0) is 23.9 Å². The molecule has 198 valence electrons. The number of halogens is 3. The van der Waals surface area contributed by atoms with Gasteiger partial charge in [0.2, 0.25) is 0 Å². The molecule has 2 aromatic rings. The number of hydrogen-bond acceptors (Lipinski definition) is 4.